The van der Waals surface area contributed by atoms with E-state index in [2.05, 4.69) is 36.5 Å². The van der Waals surface area contributed by atoms with Crippen LogP contribution in [0.1, 0.15) is 42.9 Å². The van der Waals surface area contributed by atoms with E-state index >= 15 is 0 Å². The molecule has 2 amide bonds. The predicted molar refractivity (Wildman–Crippen MR) is 99.6 cm³/mol. The third-order valence-electron chi connectivity index (χ3n) is 4.52. The molecule has 2 aromatic carbocycles. The van der Waals surface area contributed by atoms with Crippen molar-refractivity contribution in [2.75, 3.05) is 11.9 Å². The Kier molecular flexibility index (Phi) is 5.41. The molecule has 0 aromatic heterocycles. The molecule has 4 heteroatoms. The summed E-state index contributed by atoms with van der Waals surface area (Å²) in [6, 6.07) is 15.9. The third kappa shape index (κ3) is 4.09. The van der Waals surface area contributed by atoms with Crippen LogP contribution in [0, 0.1) is 6.92 Å². The number of hydrogen-bond donors (Lipinski definition) is 1. The normalized spacial score (nSPS) is 18.1. The molecule has 1 saturated heterocycles. The topological polar surface area (TPSA) is 32.3 Å². The Morgan fingerprint density at radius 1 is 1.12 bits per heavy atom. The maximum atomic E-state index is 12.9. The van der Waals surface area contributed by atoms with Crippen LogP contribution in [0.3, 0.4) is 0 Å². The van der Waals surface area contributed by atoms with Crippen LogP contribution in [-0.4, -0.2) is 17.5 Å². The minimum atomic E-state index is -0.0503. The van der Waals surface area contributed by atoms with E-state index < -0.39 is 0 Å². The van der Waals surface area contributed by atoms with Crippen molar-refractivity contribution >= 4 is 23.3 Å². The fraction of sp³-hybridized carbons (Fsp3) is 0.350. The van der Waals surface area contributed by atoms with Crippen LogP contribution in [0.5, 0.6) is 0 Å². The summed E-state index contributed by atoms with van der Waals surface area (Å²) < 4.78 is 0. The number of likely N-dealkylation sites (tertiary alicyclic amines) is 1. The number of urea groups is 1. The first-order valence-electron chi connectivity index (χ1n) is 8.53. The minimum absolute atomic E-state index is 0.0503. The standard InChI is InChI=1S/C20H23ClN2O/c1-15-7-5-8-16(13-15)19-11-3-2-4-12-23(19)20(24)22-18-10-6-9-17(21)14-18/h5-10,13-14,19H,2-4,11-12H2,1H3,(H,22,24). The summed E-state index contributed by atoms with van der Waals surface area (Å²) in [5, 5.41) is 3.62. The zero-order chi connectivity index (χ0) is 16.9. The van der Waals surface area contributed by atoms with Crippen molar-refractivity contribution in [2.45, 2.75) is 38.6 Å². The molecule has 1 heterocycles. The highest BCUT2D eigenvalue weighted by molar-refractivity contribution is 6.30. The Bertz CT molecular complexity index is 716. The lowest BCUT2D eigenvalue weighted by Crippen LogP contribution is -2.38. The first-order valence-corrected chi connectivity index (χ1v) is 8.91. The van der Waals surface area contributed by atoms with Gasteiger partial charge in [0, 0.05) is 17.3 Å². The maximum absolute atomic E-state index is 12.9. The number of aryl methyl sites for hydroxylation is 1. The fourth-order valence-corrected chi connectivity index (χ4v) is 3.53. The van der Waals surface area contributed by atoms with E-state index in [1.165, 1.54) is 17.5 Å². The highest BCUT2D eigenvalue weighted by atomic mass is 35.5. The van der Waals surface area contributed by atoms with Crippen molar-refractivity contribution in [3.8, 4) is 0 Å². The molecule has 0 saturated carbocycles. The van der Waals surface area contributed by atoms with Crippen molar-refractivity contribution in [2.24, 2.45) is 0 Å². The summed E-state index contributed by atoms with van der Waals surface area (Å²) in [5.41, 5.74) is 3.19. The highest BCUT2D eigenvalue weighted by Gasteiger charge is 2.26. The number of nitrogens with one attached hydrogen (secondary N) is 1. The molecular formula is C20H23ClN2O. The number of halogens is 1. The van der Waals surface area contributed by atoms with Crippen LogP contribution >= 0.6 is 11.6 Å². The van der Waals surface area contributed by atoms with Crippen molar-refractivity contribution in [1.82, 2.24) is 4.90 Å². The van der Waals surface area contributed by atoms with E-state index in [1.54, 1.807) is 12.1 Å². The van der Waals surface area contributed by atoms with Crippen molar-refractivity contribution in [1.29, 1.82) is 0 Å². The number of rotatable bonds is 2. The molecule has 1 aliphatic heterocycles. The molecule has 2 aromatic rings. The van der Waals surface area contributed by atoms with Gasteiger partial charge in [-0.2, -0.15) is 0 Å². The van der Waals surface area contributed by atoms with E-state index in [4.69, 9.17) is 11.6 Å². The molecule has 1 aliphatic rings. The second kappa shape index (κ2) is 7.71. The van der Waals surface area contributed by atoms with Gasteiger partial charge < -0.3 is 10.2 Å². The Morgan fingerprint density at radius 2 is 1.96 bits per heavy atom. The summed E-state index contributed by atoms with van der Waals surface area (Å²) in [7, 11) is 0. The van der Waals surface area contributed by atoms with E-state index in [0.29, 0.717) is 5.02 Å². The van der Waals surface area contributed by atoms with E-state index in [-0.39, 0.29) is 12.1 Å². The average Bonchev–Trinajstić information content (AvgIpc) is 2.81. The third-order valence-corrected chi connectivity index (χ3v) is 4.75. The number of carbonyl (C=O) groups excluding carboxylic acids is 1. The van der Waals surface area contributed by atoms with Gasteiger partial charge in [0.2, 0.25) is 0 Å². The van der Waals surface area contributed by atoms with Gasteiger partial charge in [-0.1, -0.05) is 60.3 Å². The number of carbonyl (C=O) groups is 1. The van der Waals surface area contributed by atoms with Crippen molar-refractivity contribution in [3.63, 3.8) is 0 Å². The summed E-state index contributed by atoms with van der Waals surface area (Å²) in [5.74, 6) is 0. The lowest BCUT2D eigenvalue weighted by molar-refractivity contribution is 0.189. The highest BCUT2D eigenvalue weighted by Crippen LogP contribution is 2.31. The summed E-state index contributed by atoms with van der Waals surface area (Å²) in [4.78, 5) is 14.8. The first kappa shape index (κ1) is 16.8. The maximum Gasteiger partial charge on any atom is 0.322 e. The molecule has 3 rings (SSSR count). The van der Waals surface area contributed by atoms with Gasteiger partial charge in [-0.05, 0) is 43.5 Å². The van der Waals surface area contributed by atoms with Gasteiger partial charge in [-0.25, -0.2) is 4.79 Å². The lowest BCUT2D eigenvalue weighted by Gasteiger charge is -2.31. The molecule has 1 unspecified atom stereocenters. The van der Waals surface area contributed by atoms with Crippen LogP contribution in [0.4, 0.5) is 10.5 Å². The van der Waals surface area contributed by atoms with Gasteiger partial charge in [0.15, 0.2) is 0 Å². The minimum Gasteiger partial charge on any atom is -0.317 e. The summed E-state index contributed by atoms with van der Waals surface area (Å²) >= 11 is 6.02. The lowest BCUT2D eigenvalue weighted by atomic mass is 9.99. The Balaban J connectivity index is 1.82. The van der Waals surface area contributed by atoms with E-state index in [0.717, 1.165) is 31.5 Å². The van der Waals surface area contributed by atoms with E-state index in [9.17, 15) is 4.79 Å². The first-order chi connectivity index (χ1) is 11.6. The second-order valence-corrected chi connectivity index (χ2v) is 6.85. The molecule has 0 bridgehead atoms. The van der Waals surface area contributed by atoms with Gasteiger partial charge in [0.1, 0.15) is 0 Å². The van der Waals surface area contributed by atoms with Crippen LogP contribution in [-0.2, 0) is 0 Å². The fourth-order valence-electron chi connectivity index (χ4n) is 3.34. The molecule has 0 aliphatic carbocycles. The Hall–Kier alpha value is -2.00. The van der Waals surface area contributed by atoms with Crippen LogP contribution in [0.25, 0.3) is 0 Å². The van der Waals surface area contributed by atoms with Gasteiger partial charge in [0.05, 0.1) is 6.04 Å². The monoisotopic (exact) mass is 342 g/mol. The molecular weight excluding hydrogens is 320 g/mol. The quantitative estimate of drug-likeness (QED) is 0.735. The van der Waals surface area contributed by atoms with Gasteiger partial charge >= 0.3 is 6.03 Å². The molecule has 1 atom stereocenters. The van der Waals surface area contributed by atoms with E-state index in [1.807, 2.05) is 17.0 Å². The number of anilines is 1. The molecule has 3 nitrogen and oxygen atoms in total. The van der Waals surface area contributed by atoms with Crippen LogP contribution in [0.2, 0.25) is 5.02 Å². The number of hydrogen-bond acceptors (Lipinski definition) is 1. The molecule has 0 spiro atoms. The van der Waals surface area contributed by atoms with Crippen molar-refractivity contribution < 1.29 is 4.79 Å². The summed E-state index contributed by atoms with van der Waals surface area (Å²) in [6.45, 7) is 2.88. The van der Waals surface area contributed by atoms with Gasteiger partial charge in [0.25, 0.3) is 0 Å². The largest absolute Gasteiger partial charge is 0.322 e. The molecule has 0 radical (unpaired) electrons. The summed E-state index contributed by atoms with van der Waals surface area (Å²) in [6.07, 6.45) is 4.38. The Labute approximate surface area is 148 Å². The smallest absolute Gasteiger partial charge is 0.317 e. The molecule has 24 heavy (non-hydrogen) atoms. The number of amides is 2. The van der Waals surface area contributed by atoms with Crippen LogP contribution in [0.15, 0.2) is 48.5 Å². The SMILES string of the molecule is Cc1cccc(C2CCCCCN2C(=O)Nc2cccc(Cl)c2)c1. The zero-order valence-corrected chi connectivity index (χ0v) is 14.7. The number of benzene rings is 2. The second-order valence-electron chi connectivity index (χ2n) is 6.41. The molecule has 126 valence electrons. The average molecular weight is 343 g/mol. The van der Waals surface area contributed by atoms with Gasteiger partial charge in [-0.3, -0.25) is 0 Å². The van der Waals surface area contributed by atoms with Gasteiger partial charge in [-0.15, -0.1) is 0 Å². The van der Waals surface area contributed by atoms with Crippen molar-refractivity contribution in [3.05, 3.63) is 64.7 Å². The number of nitrogens with zero attached hydrogens (tertiary/aromatic N) is 1. The molecule has 1 fully saturated rings. The van der Waals surface area contributed by atoms with Crippen LogP contribution < -0.4 is 5.32 Å². The Morgan fingerprint density at radius 3 is 2.75 bits per heavy atom. The predicted octanol–water partition coefficient (Wildman–Crippen LogP) is 5.80. The zero-order valence-electron chi connectivity index (χ0n) is 14.0. The molecule has 1 N–H and O–H groups in total.